The highest BCUT2D eigenvalue weighted by Gasteiger charge is 2.36. The lowest BCUT2D eigenvalue weighted by Gasteiger charge is -2.38. The molecule has 0 bridgehead atoms. The zero-order valence-electron chi connectivity index (χ0n) is 12.3. The van der Waals surface area contributed by atoms with E-state index in [2.05, 4.69) is 20.8 Å². The molecule has 0 aliphatic heterocycles. The van der Waals surface area contributed by atoms with Gasteiger partial charge in [0.1, 0.15) is 0 Å². The van der Waals surface area contributed by atoms with Crippen LogP contribution in [-0.4, -0.2) is 13.0 Å². The van der Waals surface area contributed by atoms with Crippen LogP contribution in [0.15, 0.2) is 22.6 Å². The summed E-state index contributed by atoms with van der Waals surface area (Å²) in [6.07, 6.45) is 10.3. The van der Waals surface area contributed by atoms with Gasteiger partial charge in [-0.05, 0) is 37.7 Å². The van der Waals surface area contributed by atoms with Crippen molar-refractivity contribution in [3.63, 3.8) is 0 Å². The van der Waals surface area contributed by atoms with Crippen LogP contribution in [0.25, 0.3) is 0 Å². The predicted octanol–water partition coefficient (Wildman–Crippen LogP) is 4.47. The predicted molar refractivity (Wildman–Crippen MR) is 79.5 cm³/mol. The van der Waals surface area contributed by atoms with Gasteiger partial charge in [0.05, 0.1) is 4.91 Å². The van der Waals surface area contributed by atoms with E-state index in [9.17, 15) is 13.0 Å². The summed E-state index contributed by atoms with van der Waals surface area (Å²) >= 11 is 0. The highest BCUT2D eigenvalue weighted by atomic mass is 32.2. The zero-order valence-corrected chi connectivity index (χ0v) is 13.1. The normalized spacial score (nSPS) is 18.9. The molecule has 0 amide bonds. The van der Waals surface area contributed by atoms with Crippen LogP contribution in [0.2, 0.25) is 0 Å². The fourth-order valence-corrected chi connectivity index (χ4v) is 3.53. The van der Waals surface area contributed by atoms with Gasteiger partial charge in [-0.1, -0.05) is 51.2 Å². The Balaban J connectivity index is 3.03. The van der Waals surface area contributed by atoms with Gasteiger partial charge in [0.15, 0.2) is 0 Å². The van der Waals surface area contributed by atoms with Crippen LogP contribution in [0, 0.1) is 5.41 Å². The van der Waals surface area contributed by atoms with Crippen LogP contribution >= 0.6 is 0 Å². The lowest BCUT2D eigenvalue weighted by Crippen LogP contribution is -2.27. The molecule has 1 N–H and O–H groups in total. The fraction of sp³-hybridized carbons (Fsp3) is 0.733. The average molecular weight is 286 g/mol. The van der Waals surface area contributed by atoms with Gasteiger partial charge in [0.25, 0.3) is 10.1 Å². The summed E-state index contributed by atoms with van der Waals surface area (Å²) in [5, 5.41) is 0. The van der Waals surface area contributed by atoms with E-state index in [4.69, 9.17) is 0 Å². The molecule has 110 valence electrons. The minimum absolute atomic E-state index is 0.0775. The first-order valence-corrected chi connectivity index (χ1v) is 8.65. The van der Waals surface area contributed by atoms with Gasteiger partial charge in [0.2, 0.25) is 0 Å². The van der Waals surface area contributed by atoms with Crippen LogP contribution in [0.4, 0.5) is 0 Å². The second-order valence-corrected chi connectivity index (χ2v) is 7.10. The topological polar surface area (TPSA) is 54.4 Å². The van der Waals surface area contributed by atoms with Gasteiger partial charge < -0.3 is 0 Å². The molecule has 0 atom stereocenters. The number of hydrogen-bond donors (Lipinski definition) is 1. The molecule has 0 fully saturated rings. The van der Waals surface area contributed by atoms with Gasteiger partial charge in [-0.3, -0.25) is 4.55 Å². The lowest BCUT2D eigenvalue weighted by atomic mass is 9.68. The Morgan fingerprint density at radius 3 is 2.11 bits per heavy atom. The quantitative estimate of drug-likeness (QED) is 0.702. The fourth-order valence-electron chi connectivity index (χ4n) is 2.83. The van der Waals surface area contributed by atoms with Crippen molar-refractivity contribution in [3.05, 3.63) is 22.6 Å². The Bertz CT molecular complexity index is 450. The summed E-state index contributed by atoms with van der Waals surface area (Å²) in [5.41, 5.74) is 1.17. The van der Waals surface area contributed by atoms with E-state index in [-0.39, 0.29) is 10.3 Å². The Hall–Kier alpha value is -0.610. The summed E-state index contributed by atoms with van der Waals surface area (Å²) in [5.74, 6) is 0. The summed E-state index contributed by atoms with van der Waals surface area (Å²) in [4.78, 5) is 0.172. The molecule has 0 aromatic rings. The first-order valence-electron chi connectivity index (χ1n) is 7.21. The van der Waals surface area contributed by atoms with Crippen molar-refractivity contribution in [1.82, 2.24) is 0 Å². The Kier molecular flexibility index (Phi) is 5.81. The highest BCUT2D eigenvalue weighted by molar-refractivity contribution is 7.89. The third kappa shape index (κ3) is 4.18. The standard InChI is InChI=1S/C15H26O3S/c1-4-6-10-15(11-7-5-2)12-14(19(16,17)18)9-8-13(15)3/h8-9H,4-7,10-12H2,1-3H3,(H,16,17,18). The minimum atomic E-state index is -4.05. The van der Waals surface area contributed by atoms with Crippen molar-refractivity contribution in [2.24, 2.45) is 5.41 Å². The minimum Gasteiger partial charge on any atom is -0.282 e. The summed E-state index contributed by atoms with van der Waals surface area (Å²) in [6, 6.07) is 0. The molecule has 4 heteroatoms. The van der Waals surface area contributed by atoms with Crippen molar-refractivity contribution in [1.29, 1.82) is 0 Å². The van der Waals surface area contributed by atoms with Gasteiger partial charge in [-0.25, -0.2) is 0 Å². The molecule has 19 heavy (non-hydrogen) atoms. The zero-order chi connectivity index (χ0) is 14.5. The van der Waals surface area contributed by atoms with Gasteiger partial charge in [-0.15, -0.1) is 0 Å². The molecule has 3 nitrogen and oxygen atoms in total. The van der Waals surface area contributed by atoms with E-state index in [1.807, 2.05) is 6.08 Å². The highest BCUT2D eigenvalue weighted by Crippen LogP contribution is 2.46. The van der Waals surface area contributed by atoms with E-state index in [1.165, 1.54) is 5.57 Å². The molecule has 1 aliphatic carbocycles. The number of rotatable bonds is 7. The Morgan fingerprint density at radius 2 is 1.68 bits per heavy atom. The summed E-state index contributed by atoms with van der Waals surface area (Å²) in [7, 11) is -4.05. The van der Waals surface area contributed by atoms with E-state index in [0.29, 0.717) is 6.42 Å². The van der Waals surface area contributed by atoms with Gasteiger partial charge in [-0.2, -0.15) is 8.42 Å². The van der Waals surface area contributed by atoms with Crippen molar-refractivity contribution >= 4 is 10.1 Å². The third-order valence-corrected chi connectivity index (χ3v) is 5.16. The van der Waals surface area contributed by atoms with E-state index in [1.54, 1.807) is 6.08 Å². The van der Waals surface area contributed by atoms with Crippen molar-refractivity contribution in [2.45, 2.75) is 65.7 Å². The van der Waals surface area contributed by atoms with Gasteiger partial charge in [0, 0.05) is 0 Å². The molecule has 0 aromatic heterocycles. The maximum atomic E-state index is 11.4. The number of unbranched alkanes of at least 4 members (excludes halogenated alkanes) is 2. The van der Waals surface area contributed by atoms with Crippen molar-refractivity contribution in [3.8, 4) is 0 Å². The van der Waals surface area contributed by atoms with E-state index in [0.717, 1.165) is 38.5 Å². The molecular weight excluding hydrogens is 260 g/mol. The monoisotopic (exact) mass is 286 g/mol. The molecule has 1 aliphatic rings. The smallest absolute Gasteiger partial charge is 0.282 e. The summed E-state index contributed by atoms with van der Waals surface area (Å²) in [6.45, 7) is 6.38. The third-order valence-electron chi connectivity index (χ3n) is 4.22. The van der Waals surface area contributed by atoms with Crippen LogP contribution in [0.1, 0.15) is 65.7 Å². The van der Waals surface area contributed by atoms with Crippen molar-refractivity contribution in [2.75, 3.05) is 0 Å². The van der Waals surface area contributed by atoms with Crippen LogP contribution in [0.3, 0.4) is 0 Å². The molecular formula is C15H26O3S. The molecule has 1 rings (SSSR count). The molecule has 0 saturated carbocycles. The van der Waals surface area contributed by atoms with Gasteiger partial charge >= 0.3 is 0 Å². The SMILES string of the molecule is CCCCC1(CCCC)CC(S(=O)(=O)O)=CC=C1C. The second kappa shape index (κ2) is 6.71. The van der Waals surface area contributed by atoms with E-state index < -0.39 is 10.1 Å². The number of allylic oxidation sites excluding steroid dienone is 4. The second-order valence-electron chi connectivity index (χ2n) is 5.62. The van der Waals surface area contributed by atoms with Crippen molar-refractivity contribution < 1.29 is 13.0 Å². The van der Waals surface area contributed by atoms with E-state index >= 15 is 0 Å². The first kappa shape index (κ1) is 16.4. The molecule has 0 saturated heterocycles. The molecule has 0 spiro atoms. The number of hydrogen-bond acceptors (Lipinski definition) is 2. The largest absolute Gasteiger partial charge is 0.290 e. The Labute approximate surface area is 117 Å². The Morgan fingerprint density at radius 1 is 1.16 bits per heavy atom. The lowest BCUT2D eigenvalue weighted by molar-refractivity contribution is 0.278. The maximum Gasteiger partial charge on any atom is 0.290 e. The molecule has 0 unspecified atom stereocenters. The molecule has 0 heterocycles. The van der Waals surface area contributed by atoms with Crippen LogP contribution in [0.5, 0.6) is 0 Å². The first-order chi connectivity index (χ1) is 8.85. The maximum absolute atomic E-state index is 11.4. The van der Waals surface area contributed by atoms with Crippen LogP contribution in [-0.2, 0) is 10.1 Å². The average Bonchev–Trinajstić information content (AvgIpc) is 2.35. The molecule has 0 radical (unpaired) electrons. The molecule has 0 aromatic carbocycles. The van der Waals surface area contributed by atoms with Crippen LogP contribution < -0.4 is 0 Å². The summed E-state index contributed by atoms with van der Waals surface area (Å²) < 4.78 is 32.1.